The van der Waals surface area contributed by atoms with Crippen LogP contribution < -0.4 is 10.6 Å². The third kappa shape index (κ3) is 8.43. The summed E-state index contributed by atoms with van der Waals surface area (Å²) in [6.45, 7) is 5.04. The highest BCUT2D eigenvalue weighted by atomic mass is 35.5. The van der Waals surface area contributed by atoms with Crippen LogP contribution in [-0.2, 0) is 11.0 Å². The van der Waals surface area contributed by atoms with E-state index in [1.54, 1.807) is 6.92 Å². The molecule has 0 aliphatic carbocycles. The lowest BCUT2D eigenvalue weighted by molar-refractivity contribution is -0.137. The molecule has 2 amide bonds. The molecule has 0 saturated heterocycles. The smallest absolute Gasteiger partial charge is 0.395 e. The van der Waals surface area contributed by atoms with Gasteiger partial charge in [-0.1, -0.05) is 47.5 Å². The third-order valence-electron chi connectivity index (χ3n) is 4.27. The van der Waals surface area contributed by atoms with Gasteiger partial charge in [-0.25, -0.2) is 15.0 Å². The highest BCUT2D eigenvalue weighted by Gasteiger charge is 2.34. The number of anilines is 1. The molecule has 0 aliphatic heterocycles. The summed E-state index contributed by atoms with van der Waals surface area (Å²) in [4.78, 5) is 40.6. The number of aromatic nitrogens is 3. The fourth-order valence-corrected chi connectivity index (χ4v) is 3.72. The van der Waals surface area contributed by atoms with Gasteiger partial charge in [0, 0.05) is 19.7 Å². The Bertz CT molecular complexity index is 1290. The molecule has 1 unspecified atom stereocenters. The molecule has 0 fully saturated rings. The molecular weight excluding hydrogens is 556 g/mol. The number of pyridine rings is 1. The van der Waals surface area contributed by atoms with Crippen molar-refractivity contribution in [3.05, 3.63) is 57.1 Å². The number of alkyl halides is 3. The first kappa shape index (κ1) is 30.0. The first-order chi connectivity index (χ1) is 17.4. The Morgan fingerprint density at radius 3 is 2.62 bits per heavy atom. The van der Waals surface area contributed by atoms with Crippen LogP contribution >= 0.6 is 35.0 Å². The molecule has 2 heterocycles. The van der Waals surface area contributed by atoms with Crippen LogP contribution in [0.4, 0.5) is 19.0 Å². The van der Waals surface area contributed by atoms with Crippen LogP contribution in [0, 0.1) is 11.8 Å². The van der Waals surface area contributed by atoms with Crippen molar-refractivity contribution in [2.24, 2.45) is 4.99 Å². The second-order valence-electron chi connectivity index (χ2n) is 6.94. The van der Waals surface area contributed by atoms with Crippen LogP contribution in [0.25, 0.3) is 0 Å². The third-order valence-corrected chi connectivity index (χ3v) is 6.11. The summed E-state index contributed by atoms with van der Waals surface area (Å²) >= 11 is 12.5. The SMILES string of the molecule is C=C(S/C(=N\C)C(C)NC(=O)c1ncnc(C#CCCO)c1Cl)C(=O)Nc1cc(C(F)(F)F)c(Cl)cn1. The van der Waals surface area contributed by atoms with Crippen LogP contribution in [0.1, 0.15) is 35.1 Å². The molecule has 196 valence electrons. The van der Waals surface area contributed by atoms with E-state index in [9.17, 15) is 22.8 Å². The fraction of sp³-hybridized carbons (Fsp3) is 0.273. The van der Waals surface area contributed by atoms with Crippen LogP contribution in [-0.4, -0.2) is 56.6 Å². The highest BCUT2D eigenvalue weighted by molar-refractivity contribution is 8.18. The highest BCUT2D eigenvalue weighted by Crippen LogP contribution is 2.35. The van der Waals surface area contributed by atoms with Crippen molar-refractivity contribution in [3.8, 4) is 11.8 Å². The van der Waals surface area contributed by atoms with Gasteiger partial charge in [0.1, 0.15) is 22.9 Å². The summed E-state index contributed by atoms with van der Waals surface area (Å²) < 4.78 is 39.1. The minimum atomic E-state index is -4.74. The van der Waals surface area contributed by atoms with Crippen molar-refractivity contribution < 1.29 is 27.9 Å². The molecule has 3 N–H and O–H groups in total. The summed E-state index contributed by atoms with van der Waals surface area (Å²) in [5.41, 5.74) is -1.20. The molecule has 2 aromatic rings. The largest absolute Gasteiger partial charge is 0.418 e. The van der Waals surface area contributed by atoms with Gasteiger partial charge in [0.2, 0.25) is 0 Å². The molecular formula is C22H19Cl2F3N6O3S. The fourth-order valence-electron chi connectivity index (χ4n) is 2.55. The Morgan fingerprint density at radius 2 is 2.00 bits per heavy atom. The molecule has 2 rings (SSSR count). The van der Waals surface area contributed by atoms with Gasteiger partial charge in [-0.15, -0.1) is 0 Å². The minimum Gasteiger partial charge on any atom is -0.395 e. The van der Waals surface area contributed by atoms with Gasteiger partial charge in [-0.05, 0) is 18.9 Å². The maximum absolute atomic E-state index is 13.0. The number of nitrogens with one attached hydrogen (secondary N) is 2. The summed E-state index contributed by atoms with van der Waals surface area (Å²) in [5, 5.41) is 13.2. The second kappa shape index (κ2) is 13.4. The van der Waals surface area contributed by atoms with Crippen LogP contribution in [0.2, 0.25) is 10.0 Å². The second-order valence-corrected chi connectivity index (χ2v) is 8.84. The molecule has 1 atom stereocenters. The number of nitrogens with zero attached hydrogens (tertiary/aromatic N) is 4. The lowest BCUT2D eigenvalue weighted by atomic mass is 10.2. The van der Waals surface area contributed by atoms with Crippen LogP contribution in [0.3, 0.4) is 0 Å². The molecule has 0 radical (unpaired) electrons. The number of hydrogen-bond donors (Lipinski definition) is 3. The Morgan fingerprint density at radius 1 is 1.30 bits per heavy atom. The number of thioether (sulfide) groups is 1. The maximum atomic E-state index is 13.0. The summed E-state index contributed by atoms with van der Waals surface area (Å²) in [5.74, 6) is 3.40. The number of aliphatic imine (C=N–C) groups is 1. The van der Waals surface area contributed by atoms with E-state index >= 15 is 0 Å². The summed E-state index contributed by atoms with van der Waals surface area (Å²) in [7, 11) is 1.42. The van der Waals surface area contributed by atoms with E-state index in [0.717, 1.165) is 24.3 Å². The van der Waals surface area contributed by atoms with Gasteiger partial charge in [0.05, 0.1) is 33.2 Å². The van der Waals surface area contributed by atoms with Gasteiger partial charge in [0.15, 0.2) is 5.69 Å². The zero-order valence-corrected chi connectivity index (χ0v) is 21.6. The average Bonchev–Trinajstić information content (AvgIpc) is 2.83. The number of carbonyl (C=O) groups is 2. The Kier molecular flexibility index (Phi) is 10.9. The molecule has 15 heteroatoms. The van der Waals surface area contributed by atoms with Gasteiger partial charge < -0.3 is 15.7 Å². The topological polar surface area (TPSA) is 129 Å². The molecule has 2 aromatic heterocycles. The van der Waals surface area contributed by atoms with Gasteiger partial charge >= 0.3 is 6.18 Å². The van der Waals surface area contributed by atoms with E-state index in [-0.39, 0.29) is 45.2 Å². The van der Waals surface area contributed by atoms with E-state index in [4.69, 9.17) is 28.3 Å². The van der Waals surface area contributed by atoms with Crippen molar-refractivity contribution in [1.29, 1.82) is 0 Å². The van der Waals surface area contributed by atoms with Crippen molar-refractivity contribution in [2.75, 3.05) is 19.0 Å². The summed E-state index contributed by atoms with van der Waals surface area (Å²) in [6.07, 6.45) is -2.66. The van der Waals surface area contributed by atoms with E-state index < -0.39 is 34.6 Å². The lowest BCUT2D eigenvalue weighted by Crippen LogP contribution is -2.38. The normalized spacial score (nSPS) is 12.3. The number of carbonyl (C=O) groups excluding carboxylic acids is 2. The quantitative estimate of drug-likeness (QED) is 0.197. The average molecular weight is 575 g/mol. The van der Waals surface area contributed by atoms with Crippen molar-refractivity contribution in [2.45, 2.75) is 25.6 Å². The van der Waals surface area contributed by atoms with Crippen molar-refractivity contribution >= 4 is 57.6 Å². The first-order valence-electron chi connectivity index (χ1n) is 10.2. The molecule has 9 nitrogen and oxygen atoms in total. The van der Waals surface area contributed by atoms with E-state index in [1.165, 1.54) is 7.05 Å². The Balaban J connectivity index is 2.08. The zero-order chi connectivity index (χ0) is 27.8. The number of amides is 2. The van der Waals surface area contributed by atoms with E-state index in [1.807, 2.05) is 0 Å². The number of aliphatic hydroxyl groups excluding tert-OH is 1. The predicted octanol–water partition coefficient (Wildman–Crippen LogP) is 3.96. The lowest BCUT2D eigenvalue weighted by Gasteiger charge is -2.17. The number of aliphatic hydroxyl groups is 1. The van der Waals surface area contributed by atoms with E-state index in [2.05, 4.69) is 49.0 Å². The first-order valence-corrected chi connectivity index (χ1v) is 11.7. The monoisotopic (exact) mass is 574 g/mol. The maximum Gasteiger partial charge on any atom is 0.418 e. The predicted molar refractivity (Wildman–Crippen MR) is 136 cm³/mol. The minimum absolute atomic E-state index is 0.0854. The van der Waals surface area contributed by atoms with Gasteiger partial charge in [-0.2, -0.15) is 13.2 Å². The van der Waals surface area contributed by atoms with Crippen molar-refractivity contribution in [3.63, 3.8) is 0 Å². The number of rotatable bonds is 7. The summed E-state index contributed by atoms with van der Waals surface area (Å²) in [6, 6.07) is -0.142. The Labute approximate surface area is 224 Å². The molecule has 0 aromatic carbocycles. The van der Waals surface area contributed by atoms with E-state index in [0.29, 0.717) is 6.07 Å². The number of hydrogen-bond acceptors (Lipinski definition) is 8. The molecule has 0 spiro atoms. The Hall–Kier alpha value is -3.18. The van der Waals surface area contributed by atoms with Crippen molar-refractivity contribution in [1.82, 2.24) is 20.3 Å². The molecule has 0 saturated carbocycles. The van der Waals surface area contributed by atoms with Crippen LogP contribution in [0.5, 0.6) is 0 Å². The molecule has 0 aliphatic rings. The number of halogens is 5. The van der Waals surface area contributed by atoms with Crippen LogP contribution in [0.15, 0.2) is 35.1 Å². The van der Waals surface area contributed by atoms with Gasteiger partial charge in [-0.3, -0.25) is 14.6 Å². The van der Waals surface area contributed by atoms with Gasteiger partial charge in [0.25, 0.3) is 11.8 Å². The standard InChI is InChI=1S/C22H19Cl2F3N6O3S/c1-11(32-20(36)18-17(24)15(30-10-31-18)6-4-5-7-34)21(28-3)37-12(2)19(35)33-16-8-13(22(25,26)27)14(23)9-29-16/h8-11,34H,2,5,7H2,1,3H3,(H,32,36)(H,29,33,35)/b28-21-. The molecule has 0 bridgehead atoms. The molecule has 37 heavy (non-hydrogen) atoms. The zero-order valence-electron chi connectivity index (χ0n) is 19.3.